The van der Waals surface area contributed by atoms with Crippen LogP contribution in [0.25, 0.3) is 0 Å². The van der Waals surface area contributed by atoms with Gasteiger partial charge in [0, 0.05) is 10.2 Å². The molecule has 6 heteroatoms. The van der Waals surface area contributed by atoms with Crippen molar-refractivity contribution in [1.29, 1.82) is 0 Å². The van der Waals surface area contributed by atoms with Gasteiger partial charge in [-0.3, -0.25) is 4.79 Å². The van der Waals surface area contributed by atoms with Gasteiger partial charge in [-0.2, -0.15) is 0 Å². The van der Waals surface area contributed by atoms with Crippen molar-refractivity contribution in [3.05, 3.63) is 63.2 Å². The van der Waals surface area contributed by atoms with E-state index in [1.807, 2.05) is 45.0 Å². The van der Waals surface area contributed by atoms with E-state index in [-0.39, 0.29) is 18.7 Å². The molecule has 0 fully saturated rings. The first-order chi connectivity index (χ1) is 14.7. The van der Waals surface area contributed by atoms with E-state index in [1.54, 1.807) is 7.11 Å². The highest BCUT2D eigenvalue weighted by Gasteiger charge is 2.32. The lowest BCUT2D eigenvalue weighted by molar-refractivity contribution is -0.167. The largest absolute Gasteiger partial charge is 0.497 e. The molecule has 2 unspecified atom stereocenters. The average Bonchev–Trinajstić information content (AvgIpc) is 2.73. The van der Waals surface area contributed by atoms with Crippen molar-refractivity contribution in [3.63, 3.8) is 0 Å². The van der Waals surface area contributed by atoms with E-state index in [9.17, 15) is 9.90 Å². The Morgan fingerprint density at radius 3 is 2.16 bits per heavy atom. The van der Waals surface area contributed by atoms with Crippen molar-refractivity contribution in [3.8, 4) is 5.75 Å². The zero-order chi connectivity index (χ0) is 22.9. The maximum absolute atomic E-state index is 12.9. The molecular formula is C25H33IO5. The predicted molar refractivity (Wildman–Crippen MR) is 130 cm³/mol. The second-order valence-corrected chi connectivity index (χ2v) is 9.76. The Morgan fingerprint density at radius 1 is 1.00 bits per heavy atom. The average molecular weight is 540 g/mol. The topological polar surface area (TPSA) is 65.0 Å². The summed E-state index contributed by atoms with van der Waals surface area (Å²) in [5.74, 6) is -0.0823. The first-order valence-electron chi connectivity index (χ1n) is 10.5. The molecule has 31 heavy (non-hydrogen) atoms. The summed E-state index contributed by atoms with van der Waals surface area (Å²) >= 11 is 2.28. The molecule has 2 atom stereocenters. The summed E-state index contributed by atoms with van der Waals surface area (Å²) < 4.78 is 18.3. The molecule has 0 aliphatic heterocycles. The van der Waals surface area contributed by atoms with Gasteiger partial charge in [-0.1, -0.05) is 24.3 Å². The fraction of sp³-hybridized carbons (Fsp3) is 0.480. The number of aryl methyl sites for hydroxylation is 1. The van der Waals surface area contributed by atoms with Crippen molar-refractivity contribution >= 4 is 28.6 Å². The van der Waals surface area contributed by atoms with Crippen LogP contribution in [0, 0.1) is 9.49 Å². The van der Waals surface area contributed by atoms with E-state index in [0.29, 0.717) is 19.4 Å². The van der Waals surface area contributed by atoms with Gasteiger partial charge in [0.05, 0.1) is 25.7 Å². The Morgan fingerprint density at radius 2 is 1.61 bits per heavy atom. The van der Waals surface area contributed by atoms with Gasteiger partial charge < -0.3 is 19.3 Å². The van der Waals surface area contributed by atoms with Gasteiger partial charge in [-0.25, -0.2) is 0 Å². The van der Waals surface area contributed by atoms with Crippen LogP contribution in [0.1, 0.15) is 44.7 Å². The number of benzene rings is 2. The number of halogens is 1. The molecule has 2 aromatic carbocycles. The molecule has 2 aromatic rings. The standard InChI is InChI=1S/C25H33IO5/c1-25(2,3)31-24(28)22(15-16-27)23(14-9-18-5-10-20(26)11-6-18)30-17-19-7-12-21(29-4)13-8-19/h5-8,10-13,22-23,27H,9,14-17H2,1-4H3. The lowest BCUT2D eigenvalue weighted by atomic mass is 9.93. The lowest BCUT2D eigenvalue weighted by Gasteiger charge is -2.29. The molecule has 0 heterocycles. The minimum absolute atomic E-state index is 0.101. The second kappa shape index (κ2) is 12.4. The van der Waals surface area contributed by atoms with Crippen LogP contribution >= 0.6 is 22.6 Å². The quantitative estimate of drug-likeness (QED) is 0.315. The fourth-order valence-corrected chi connectivity index (χ4v) is 3.62. The summed E-state index contributed by atoms with van der Waals surface area (Å²) in [6, 6.07) is 16.0. The van der Waals surface area contributed by atoms with Crippen LogP contribution in [0.2, 0.25) is 0 Å². The number of hydrogen-bond donors (Lipinski definition) is 1. The molecule has 0 radical (unpaired) electrons. The molecule has 0 spiro atoms. The van der Waals surface area contributed by atoms with Crippen molar-refractivity contribution < 1.29 is 24.1 Å². The normalized spacial score (nSPS) is 13.5. The van der Waals surface area contributed by atoms with Crippen LogP contribution in [-0.4, -0.2) is 36.5 Å². The molecule has 0 bridgehead atoms. The zero-order valence-corrected chi connectivity index (χ0v) is 20.9. The van der Waals surface area contributed by atoms with E-state index in [0.717, 1.165) is 17.7 Å². The van der Waals surface area contributed by atoms with Crippen molar-refractivity contribution in [1.82, 2.24) is 0 Å². The number of aliphatic hydroxyl groups excluding tert-OH is 1. The Bertz CT molecular complexity index is 796. The van der Waals surface area contributed by atoms with Crippen LogP contribution in [0.4, 0.5) is 0 Å². The van der Waals surface area contributed by atoms with Crippen molar-refractivity contribution in [2.45, 2.75) is 58.3 Å². The van der Waals surface area contributed by atoms with Crippen molar-refractivity contribution in [2.24, 2.45) is 5.92 Å². The Labute approximate surface area is 199 Å². The number of hydrogen-bond acceptors (Lipinski definition) is 5. The van der Waals surface area contributed by atoms with Gasteiger partial charge in [0.15, 0.2) is 0 Å². The molecule has 0 aromatic heterocycles. The third kappa shape index (κ3) is 9.17. The number of carbonyl (C=O) groups is 1. The van der Waals surface area contributed by atoms with Gasteiger partial charge in [0.25, 0.3) is 0 Å². The summed E-state index contributed by atoms with van der Waals surface area (Å²) in [4.78, 5) is 12.9. The molecule has 0 aliphatic rings. The highest BCUT2D eigenvalue weighted by molar-refractivity contribution is 14.1. The predicted octanol–water partition coefficient (Wildman–Crippen LogP) is 5.16. The van der Waals surface area contributed by atoms with E-state index in [4.69, 9.17) is 14.2 Å². The third-order valence-corrected chi connectivity index (χ3v) is 5.57. The zero-order valence-electron chi connectivity index (χ0n) is 18.8. The van der Waals surface area contributed by atoms with E-state index < -0.39 is 11.5 Å². The van der Waals surface area contributed by atoms with E-state index in [1.165, 1.54) is 9.13 Å². The molecule has 170 valence electrons. The van der Waals surface area contributed by atoms with Gasteiger partial charge in [-0.15, -0.1) is 0 Å². The molecule has 2 rings (SSSR count). The summed E-state index contributed by atoms with van der Waals surface area (Å²) in [6.45, 7) is 5.81. The molecule has 1 N–H and O–H groups in total. The monoisotopic (exact) mass is 540 g/mol. The van der Waals surface area contributed by atoms with E-state index >= 15 is 0 Å². The molecule has 0 saturated heterocycles. The summed E-state index contributed by atoms with van der Waals surface area (Å²) in [6.07, 6.45) is 1.35. The number of ether oxygens (including phenoxy) is 3. The Balaban J connectivity index is 2.15. The lowest BCUT2D eigenvalue weighted by Crippen LogP contribution is -2.37. The molecule has 0 amide bonds. The minimum Gasteiger partial charge on any atom is -0.497 e. The van der Waals surface area contributed by atoms with Crippen LogP contribution in [0.3, 0.4) is 0 Å². The summed E-state index contributed by atoms with van der Waals surface area (Å²) in [5, 5.41) is 9.61. The van der Waals surface area contributed by atoms with E-state index in [2.05, 4.69) is 46.9 Å². The molecule has 0 saturated carbocycles. The number of aliphatic hydroxyl groups is 1. The summed E-state index contributed by atoms with van der Waals surface area (Å²) in [5.41, 5.74) is 1.58. The molecule has 0 aliphatic carbocycles. The van der Waals surface area contributed by atoms with Gasteiger partial charge in [0.1, 0.15) is 11.4 Å². The fourth-order valence-electron chi connectivity index (χ4n) is 3.26. The Hall–Kier alpha value is -1.64. The van der Waals surface area contributed by atoms with Gasteiger partial charge >= 0.3 is 5.97 Å². The highest BCUT2D eigenvalue weighted by atomic mass is 127. The maximum Gasteiger partial charge on any atom is 0.312 e. The summed E-state index contributed by atoms with van der Waals surface area (Å²) in [7, 11) is 1.63. The second-order valence-electron chi connectivity index (χ2n) is 8.51. The number of rotatable bonds is 11. The SMILES string of the molecule is COc1ccc(COC(CCc2ccc(I)cc2)C(CCO)C(=O)OC(C)(C)C)cc1. The van der Waals surface area contributed by atoms with Crippen LogP contribution < -0.4 is 4.74 Å². The Kier molecular flexibility index (Phi) is 10.3. The number of methoxy groups -OCH3 is 1. The third-order valence-electron chi connectivity index (χ3n) is 4.85. The number of esters is 1. The van der Waals surface area contributed by atoms with Crippen molar-refractivity contribution in [2.75, 3.05) is 13.7 Å². The van der Waals surface area contributed by atoms with Crippen LogP contribution in [-0.2, 0) is 27.3 Å². The highest BCUT2D eigenvalue weighted by Crippen LogP contribution is 2.24. The minimum atomic E-state index is -0.596. The molecular weight excluding hydrogens is 507 g/mol. The number of carbonyl (C=O) groups excluding carboxylic acids is 1. The molecule has 5 nitrogen and oxygen atoms in total. The van der Waals surface area contributed by atoms with Gasteiger partial charge in [-0.05, 0) is 98.0 Å². The smallest absolute Gasteiger partial charge is 0.312 e. The van der Waals surface area contributed by atoms with Gasteiger partial charge in [0.2, 0.25) is 0 Å². The van der Waals surface area contributed by atoms with Crippen LogP contribution in [0.15, 0.2) is 48.5 Å². The first-order valence-corrected chi connectivity index (χ1v) is 11.6. The maximum atomic E-state index is 12.9. The van der Waals surface area contributed by atoms with Crippen LogP contribution in [0.5, 0.6) is 5.75 Å². The first kappa shape index (κ1) is 25.6.